The van der Waals surface area contributed by atoms with E-state index in [2.05, 4.69) is 0 Å². The molecule has 0 fully saturated rings. The molecule has 1 aliphatic carbocycles. The Morgan fingerprint density at radius 3 is 2.24 bits per heavy atom. The summed E-state index contributed by atoms with van der Waals surface area (Å²) in [6.45, 7) is 6.92. The smallest absolute Gasteiger partial charge is 0.225 e. The third-order valence-electron chi connectivity index (χ3n) is 3.04. The number of Topliss-reactive ketones (excluding diaryl/α,β-unsaturated/α-hetero) is 2. The minimum absolute atomic E-state index is 0.369. The monoisotopic (exact) mass is 232 g/mol. The van der Waals surface area contributed by atoms with Gasteiger partial charge in [-0.15, -0.1) is 0 Å². The summed E-state index contributed by atoms with van der Waals surface area (Å²) in [5.41, 5.74) is 1.24. The topological polar surface area (TPSA) is 51.2 Å². The van der Waals surface area contributed by atoms with Crippen molar-refractivity contribution in [1.29, 1.82) is 0 Å². The van der Waals surface area contributed by atoms with Gasteiger partial charge in [0.05, 0.1) is 5.41 Å². The number of allylic oxidation sites excluding steroid dienone is 6. The van der Waals surface area contributed by atoms with E-state index in [1.807, 2.05) is 0 Å². The highest BCUT2D eigenvalue weighted by atomic mass is 16.2. The highest BCUT2D eigenvalue weighted by Gasteiger charge is 2.43. The first-order valence-electron chi connectivity index (χ1n) is 5.43. The number of hydrogen-bond donors (Lipinski definition) is 0. The van der Waals surface area contributed by atoms with Crippen LogP contribution in [0.3, 0.4) is 0 Å². The molecule has 1 aliphatic rings. The molecule has 90 valence electrons. The Morgan fingerprint density at radius 1 is 1.24 bits per heavy atom. The molecule has 0 spiro atoms. The first-order chi connectivity index (χ1) is 7.82. The van der Waals surface area contributed by atoms with E-state index in [9.17, 15) is 14.4 Å². The van der Waals surface area contributed by atoms with Crippen molar-refractivity contribution in [3.05, 3.63) is 34.9 Å². The molecular weight excluding hydrogens is 216 g/mol. The first-order valence-corrected chi connectivity index (χ1v) is 5.43. The largest absolute Gasteiger partial charge is 0.299 e. The second-order valence-electron chi connectivity index (χ2n) is 4.70. The molecule has 1 rings (SSSR count). The third kappa shape index (κ3) is 2.33. The van der Waals surface area contributed by atoms with E-state index in [1.54, 1.807) is 39.8 Å². The highest BCUT2D eigenvalue weighted by Crippen LogP contribution is 2.38. The van der Waals surface area contributed by atoms with E-state index in [0.29, 0.717) is 11.9 Å². The molecule has 3 heteroatoms. The van der Waals surface area contributed by atoms with Gasteiger partial charge in [0.15, 0.2) is 0 Å². The Kier molecular flexibility index (Phi) is 3.61. The molecule has 0 aromatic heterocycles. The number of rotatable bonds is 3. The molecular formula is C14H16O3. The van der Waals surface area contributed by atoms with E-state index in [4.69, 9.17) is 0 Å². The van der Waals surface area contributed by atoms with Gasteiger partial charge in [0.1, 0.15) is 6.29 Å². The molecule has 0 radical (unpaired) electrons. The van der Waals surface area contributed by atoms with Gasteiger partial charge < -0.3 is 0 Å². The molecule has 0 heterocycles. The van der Waals surface area contributed by atoms with Crippen LogP contribution in [0.4, 0.5) is 0 Å². The van der Waals surface area contributed by atoms with Crippen molar-refractivity contribution >= 4 is 17.9 Å². The van der Waals surface area contributed by atoms with Gasteiger partial charge in [0.2, 0.25) is 11.6 Å². The molecule has 0 aromatic carbocycles. The molecule has 3 nitrogen and oxygen atoms in total. The quantitative estimate of drug-likeness (QED) is 0.324. The third-order valence-corrected chi connectivity index (χ3v) is 3.04. The Morgan fingerprint density at radius 2 is 1.82 bits per heavy atom. The number of carbonyl (C=O) groups is 3. The second-order valence-corrected chi connectivity index (χ2v) is 4.70. The Hall–Kier alpha value is -1.77. The predicted octanol–water partition coefficient (Wildman–Crippen LogP) is 2.18. The fourth-order valence-corrected chi connectivity index (χ4v) is 1.88. The Balaban J connectivity index is 3.14. The van der Waals surface area contributed by atoms with Gasteiger partial charge in [-0.25, -0.2) is 0 Å². The number of ketones is 2. The molecule has 0 saturated heterocycles. The van der Waals surface area contributed by atoms with E-state index < -0.39 is 11.2 Å². The van der Waals surface area contributed by atoms with Gasteiger partial charge in [-0.3, -0.25) is 14.4 Å². The lowest BCUT2D eigenvalue weighted by Gasteiger charge is -2.17. The Labute approximate surface area is 101 Å². The van der Waals surface area contributed by atoms with Crippen molar-refractivity contribution in [2.45, 2.75) is 27.7 Å². The molecule has 0 aromatic rings. The van der Waals surface area contributed by atoms with Crippen molar-refractivity contribution < 1.29 is 14.4 Å². The van der Waals surface area contributed by atoms with Crippen LogP contribution in [-0.4, -0.2) is 17.9 Å². The van der Waals surface area contributed by atoms with Crippen molar-refractivity contribution in [3.8, 4) is 0 Å². The summed E-state index contributed by atoms with van der Waals surface area (Å²) < 4.78 is 0. The molecule has 0 unspecified atom stereocenters. The van der Waals surface area contributed by atoms with Crippen LogP contribution in [0.15, 0.2) is 34.9 Å². The van der Waals surface area contributed by atoms with Crippen molar-refractivity contribution in [3.63, 3.8) is 0 Å². The molecule has 0 amide bonds. The average molecular weight is 232 g/mol. The number of aldehydes is 1. The standard InChI is InChI=1S/C14H16O3/c1-9(7-8-15)5-6-11-10(2)12(16)13(17)14(11,3)4/h5-8H,1-4H3. The summed E-state index contributed by atoms with van der Waals surface area (Å²) in [4.78, 5) is 33.6. The zero-order valence-electron chi connectivity index (χ0n) is 10.5. The van der Waals surface area contributed by atoms with Gasteiger partial charge in [-0.05, 0) is 44.9 Å². The van der Waals surface area contributed by atoms with Crippen molar-refractivity contribution in [2.75, 3.05) is 0 Å². The molecule has 0 aliphatic heterocycles. The van der Waals surface area contributed by atoms with Gasteiger partial charge in [0, 0.05) is 5.57 Å². The summed E-state index contributed by atoms with van der Waals surface area (Å²) in [6, 6.07) is 0. The summed E-state index contributed by atoms with van der Waals surface area (Å²) in [7, 11) is 0. The first kappa shape index (κ1) is 13.3. The van der Waals surface area contributed by atoms with Crippen LogP contribution >= 0.6 is 0 Å². The van der Waals surface area contributed by atoms with Gasteiger partial charge in [0.25, 0.3) is 0 Å². The van der Waals surface area contributed by atoms with Crippen LogP contribution < -0.4 is 0 Å². The van der Waals surface area contributed by atoms with Gasteiger partial charge >= 0.3 is 0 Å². The zero-order valence-corrected chi connectivity index (χ0v) is 10.5. The average Bonchev–Trinajstić information content (AvgIpc) is 2.39. The van der Waals surface area contributed by atoms with Crippen LogP contribution in [0.2, 0.25) is 0 Å². The van der Waals surface area contributed by atoms with E-state index in [1.165, 1.54) is 6.08 Å². The van der Waals surface area contributed by atoms with Crippen molar-refractivity contribution in [2.24, 2.45) is 5.41 Å². The second kappa shape index (κ2) is 4.62. The summed E-state index contributed by atoms with van der Waals surface area (Å²) in [5.74, 6) is -0.779. The zero-order chi connectivity index (χ0) is 13.2. The summed E-state index contributed by atoms with van der Waals surface area (Å²) in [5, 5.41) is 0. The van der Waals surface area contributed by atoms with Gasteiger partial charge in [-0.2, -0.15) is 0 Å². The van der Waals surface area contributed by atoms with E-state index >= 15 is 0 Å². The van der Waals surface area contributed by atoms with Crippen LogP contribution in [0, 0.1) is 5.41 Å². The van der Waals surface area contributed by atoms with Crippen LogP contribution in [0.25, 0.3) is 0 Å². The molecule has 0 N–H and O–H groups in total. The van der Waals surface area contributed by atoms with Crippen LogP contribution in [0.5, 0.6) is 0 Å². The number of hydrogen-bond acceptors (Lipinski definition) is 3. The van der Waals surface area contributed by atoms with E-state index in [0.717, 1.165) is 11.1 Å². The van der Waals surface area contributed by atoms with Crippen LogP contribution in [-0.2, 0) is 14.4 Å². The maximum absolute atomic E-state index is 11.7. The van der Waals surface area contributed by atoms with Gasteiger partial charge in [-0.1, -0.05) is 12.2 Å². The van der Waals surface area contributed by atoms with E-state index in [-0.39, 0.29) is 5.78 Å². The number of carbonyl (C=O) groups excluding carboxylic acids is 3. The highest BCUT2D eigenvalue weighted by molar-refractivity contribution is 6.48. The predicted molar refractivity (Wildman–Crippen MR) is 65.5 cm³/mol. The maximum Gasteiger partial charge on any atom is 0.225 e. The van der Waals surface area contributed by atoms with Crippen LogP contribution in [0.1, 0.15) is 27.7 Å². The minimum atomic E-state index is -0.765. The lowest BCUT2D eigenvalue weighted by molar-refractivity contribution is -0.137. The minimum Gasteiger partial charge on any atom is -0.299 e. The SMILES string of the molecule is CC(C=CC1=C(C)C(=O)C(=O)C1(C)C)=CC=O. The van der Waals surface area contributed by atoms with Crippen molar-refractivity contribution in [1.82, 2.24) is 0 Å². The fourth-order valence-electron chi connectivity index (χ4n) is 1.88. The fraction of sp³-hybridized carbons (Fsp3) is 0.357. The molecule has 0 atom stereocenters. The lowest BCUT2D eigenvalue weighted by Crippen LogP contribution is -2.24. The molecule has 17 heavy (non-hydrogen) atoms. The summed E-state index contributed by atoms with van der Waals surface area (Å²) in [6.07, 6.45) is 5.61. The molecule has 0 bridgehead atoms. The molecule has 0 saturated carbocycles. The summed E-state index contributed by atoms with van der Waals surface area (Å²) >= 11 is 0. The Bertz CT molecular complexity index is 474. The lowest BCUT2D eigenvalue weighted by atomic mass is 9.84. The normalized spacial score (nSPS) is 20.6. The maximum atomic E-state index is 11.7.